The Bertz CT molecular complexity index is 2420. The van der Waals surface area contributed by atoms with Crippen LogP contribution in [0.25, 0.3) is 64.0 Å². The molecule has 2 aromatic heterocycles. The van der Waals surface area contributed by atoms with Crippen molar-refractivity contribution >= 4 is 81.3 Å². The van der Waals surface area contributed by atoms with Gasteiger partial charge in [-0.1, -0.05) is 109 Å². The van der Waals surface area contributed by atoms with Gasteiger partial charge in [-0.05, 0) is 53.4 Å². The van der Waals surface area contributed by atoms with Gasteiger partial charge in [0.25, 0.3) is 0 Å². The zero-order valence-electron chi connectivity index (χ0n) is 23.2. The molecular weight excluding hydrogens is 543 g/mol. The topological polar surface area (TPSA) is 16.4 Å². The van der Waals surface area contributed by atoms with Crippen LogP contribution in [0.4, 0.5) is 17.1 Å². The first-order valence-corrected chi connectivity index (χ1v) is 15.3. The molecule has 0 saturated carbocycles. The van der Waals surface area contributed by atoms with E-state index in [1.807, 2.05) is 17.4 Å². The monoisotopic (exact) mass is 567 g/mol. The van der Waals surface area contributed by atoms with Gasteiger partial charge >= 0.3 is 0 Å². The third kappa shape index (κ3) is 3.72. The molecule has 3 heteroatoms. The summed E-state index contributed by atoms with van der Waals surface area (Å²) in [4.78, 5) is 2.37. The van der Waals surface area contributed by atoms with E-state index in [1.54, 1.807) is 0 Å². The predicted molar refractivity (Wildman–Crippen MR) is 184 cm³/mol. The van der Waals surface area contributed by atoms with Crippen LogP contribution in [0.2, 0.25) is 0 Å². The van der Waals surface area contributed by atoms with Crippen molar-refractivity contribution in [1.82, 2.24) is 0 Å². The molecule has 2 nitrogen and oxygen atoms in total. The third-order valence-electron chi connectivity index (χ3n) is 8.45. The second-order valence-corrected chi connectivity index (χ2v) is 11.9. The lowest BCUT2D eigenvalue weighted by Gasteiger charge is -2.25. The molecule has 2 heterocycles. The maximum absolute atomic E-state index is 6.51. The lowest BCUT2D eigenvalue weighted by atomic mass is 9.94. The highest BCUT2D eigenvalue weighted by Gasteiger charge is 2.21. The lowest BCUT2D eigenvalue weighted by Crippen LogP contribution is -2.09. The fourth-order valence-electron chi connectivity index (χ4n) is 6.54. The van der Waals surface area contributed by atoms with Crippen molar-refractivity contribution in [2.45, 2.75) is 0 Å². The number of nitrogens with zero attached hydrogens (tertiary/aromatic N) is 1. The smallest absolute Gasteiger partial charge is 0.143 e. The number of para-hydroxylation sites is 4. The Morgan fingerprint density at radius 2 is 1.00 bits per heavy atom. The van der Waals surface area contributed by atoms with Crippen LogP contribution in [0.5, 0.6) is 0 Å². The number of anilines is 3. The Morgan fingerprint density at radius 3 is 1.77 bits per heavy atom. The Morgan fingerprint density at radius 1 is 0.419 bits per heavy atom. The quantitative estimate of drug-likeness (QED) is 0.210. The van der Waals surface area contributed by atoms with Crippen LogP contribution in [-0.2, 0) is 0 Å². The van der Waals surface area contributed by atoms with Gasteiger partial charge in [-0.3, -0.25) is 0 Å². The van der Waals surface area contributed by atoms with Gasteiger partial charge in [0.2, 0.25) is 0 Å². The average Bonchev–Trinajstić information content (AvgIpc) is 3.65. The Hall–Kier alpha value is -5.38. The molecule has 9 aromatic rings. The summed E-state index contributed by atoms with van der Waals surface area (Å²) in [6.45, 7) is 0. The number of hydrogen-bond acceptors (Lipinski definition) is 3. The third-order valence-corrected chi connectivity index (χ3v) is 9.72. The summed E-state index contributed by atoms with van der Waals surface area (Å²) in [5.41, 5.74) is 7.64. The van der Waals surface area contributed by atoms with E-state index in [9.17, 15) is 0 Å². The summed E-state index contributed by atoms with van der Waals surface area (Å²) < 4.78 is 9.09. The van der Waals surface area contributed by atoms with E-state index in [4.69, 9.17) is 4.42 Å². The summed E-state index contributed by atoms with van der Waals surface area (Å²) in [7, 11) is 0. The lowest BCUT2D eigenvalue weighted by molar-refractivity contribution is 0.670. The van der Waals surface area contributed by atoms with Gasteiger partial charge < -0.3 is 9.32 Å². The molecule has 0 aliphatic carbocycles. The number of benzene rings is 7. The molecule has 0 bridgehead atoms. The van der Waals surface area contributed by atoms with E-state index in [0.29, 0.717) is 0 Å². The first kappa shape index (κ1) is 24.2. The summed E-state index contributed by atoms with van der Waals surface area (Å²) in [5, 5.41) is 7.33. The molecule has 0 radical (unpaired) electrons. The van der Waals surface area contributed by atoms with Crippen LogP contribution >= 0.6 is 11.3 Å². The van der Waals surface area contributed by atoms with Gasteiger partial charge in [0, 0.05) is 48.6 Å². The van der Waals surface area contributed by atoms with Crippen molar-refractivity contribution < 1.29 is 4.42 Å². The molecular formula is C40H25NOS. The minimum Gasteiger partial charge on any atom is -0.455 e. The summed E-state index contributed by atoms with van der Waals surface area (Å²) in [6, 6.07) is 54.0. The minimum atomic E-state index is 0.919. The Labute approximate surface area is 252 Å². The molecule has 0 amide bonds. The molecule has 0 spiro atoms. The fourth-order valence-corrected chi connectivity index (χ4v) is 7.87. The largest absolute Gasteiger partial charge is 0.455 e. The highest BCUT2D eigenvalue weighted by atomic mass is 32.1. The zero-order valence-corrected chi connectivity index (χ0v) is 24.0. The molecule has 0 aliphatic rings. The van der Waals surface area contributed by atoms with Gasteiger partial charge in [0.1, 0.15) is 11.2 Å². The molecule has 0 atom stereocenters. The standard InChI is InChI=1S/C40H25NOS/c1-3-13-26(14-4-1)41(27-15-5-2-6-16-27)36-23-12-22-33-35-25-34(28-17-7-8-19-32(28)39(35)43-40(33)36)31-21-11-20-30-29-18-9-10-24-37(29)42-38(30)31/h1-25H. The van der Waals surface area contributed by atoms with Gasteiger partial charge in [-0.25, -0.2) is 0 Å². The second kappa shape index (κ2) is 9.59. The normalized spacial score (nSPS) is 11.7. The Balaban J connectivity index is 1.36. The van der Waals surface area contributed by atoms with Gasteiger partial charge in [-0.15, -0.1) is 11.3 Å². The van der Waals surface area contributed by atoms with E-state index in [0.717, 1.165) is 38.9 Å². The number of thiophene rings is 1. The van der Waals surface area contributed by atoms with Gasteiger partial charge in [0.15, 0.2) is 0 Å². The highest BCUT2D eigenvalue weighted by molar-refractivity contribution is 7.27. The van der Waals surface area contributed by atoms with Crippen LogP contribution in [0.15, 0.2) is 156 Å². The van der Waals surface area contributed by atoms with Crippen LogP contribution in [-0.4, -0.2) is 0 Å². The van der Waals surface area contributed by atoms with Crippen molar-refractivity contribution in [3.63, 3.8) is 0 Å². The molecule has 0 aliphatic heterocycles. The SMILES string of the molecule is c1ccc(N(c2ccccc2)c2cccc3c2sc2c4ccccc4c(-c4cccc5c4oc4ccccc45)cc32)cc1. The van der Waals surface area contributed by atoms with Crippen LogP contribution in [0.1, 0.15) is 0 Å². The van der Waals surface area contributed by atoms with E-state index < -0.39 is 0 Å². The number of fused-ring (bicyclic) bond motifs is 8. The Kier molecular flexibility index (Phi) is 5.40. The number of furan rings is 1. The van der Waals surface area contributed by atoms with E-state index in [2.05, 4.69) is 150 Å². The maximum atomic E-state index is 6.51. The summed E-state index contributed by atoms with van der Waals surface area (Å²) in [5.74, 6) is 0. The maximum Gasteiger partial charge on any atom is 0.143 e. The summed E-state index contributed by atoms with van der Waals surface area (Å²) in [6.07, 6.45) is 0. The van der Waals surface area contributed by atoms with E-state index in [-0.39, 0.29) is 0 Å². The molecule has 43 heavy (non-hydrogen) atoms. The molecule has 0 unspecified atom stereocenters. The van der Waals surface area contributed by atoms with Crippen LogP contribution in [0, 0.1) is 0 Å². The number of hydrogen-bond donors (Lipinski definition) is 0. The molecule has 7 aromatic carbocycles. The molecule has 0 saturated heterocycles. The van der Waals surface area contributed by atoms with Crippen LogP contribution < -0.4 is 4.90 Å². The average molecular weight is 568 g/mol. The molecule has 0 fully saturated rings. The fraction of sp³-hybridized carbons (Fsp3) is 0. The van der Waals surface area contributed by atoms with Crippen molar-refractivity contribution in [1.29, 1.82) is 0 Å². The van der Waals surface area contributed by atoms with Crippen molar-refractivity contribution in [2.75, 3.05) is 4.90 Å². The van der Waals surface area contributed by atoms with Crippen molar-refractivity contribution in [3.05, 3.63) is 152 Å². The van der Waals surface area contributed by atoms with Gasteiger partial charge in [-0.2, -0.15) is 0 Å². The predicted octanol–water partition coefficient (Wildman–Crippen LogP) is 12.2. The van der Waals surface area contributed by atoms with Crippen molar-refractivity contribution in [2.24, 2.45) is 0 Å². The molecule has 202 valence electrons. The first-order valence-electron chi connectivity index (χ1n) is 14.5. The number of rotatable bonds is 4. The van der Waals surface area contributed by atoms with Gasteiger partial charge in [0.05, 0.1) is 10.4 Å². The molecule has 0 N–H and O–H groups in total. The van der Waals surface area contributed by atoms with Crippen LogP contribution in [0.3, 0.4) is 0 Å². The van der Waals surface area contributed by atoms with Crippen molar-refractivity contribution in [3.8, 4) is 11.1 Å². The minimum absolute atomic E-state index is 0.919. The second-order valence-electron chi connectivity index (χ2n) is 10.9. The molecule has 9 rings (SSSR count). The zero-order chi connectivity index (χ0) is 28.3. The highest BCUT2D eigenvalue weighted by Crippen LogP contribution is 2.49. The first-order chi connectivity index (χ1) is 21.3. The van der Waals surface area contributed by atoms with E-state index in [1.165, 1.54) is 42.2 Å². The van der Waals surface area contributed by atoms with E-state index >= 15 is 0 Å². The summed E-state index contributed by atoms with van der Waals surface area (Å²) >= 11 is 1.88.